The van der Waals surface area contributed by atoms with E-state index in [0.29, 0.717) is 10.0 Å². The number of halogens is 1. The van der Waals surface area contributed by atoms with Crippen molar-refractivity contribution in [1.29, 1.82) is 5.26 Å². The summed E-state index contributed by atoms with van der Waals surface area (Å²) in [6.07, 6.45) is 0. The molecule has 1 N–H and O–H groups in total. The highest BCUT2D eigenvalue weighted by Gasteiger charge is 2.13. The normalized spacial score (nSPS) is 12.1. The lowest BCUT2D eigenvalue weighted by Gasteiger charge is -2.08. The Morgan fingerprint density at radius 1 is 1.53 bits per heavy atom. The third-order valence-corrected chi connectivity index (χ3v) is 4.46. The minimum Gasteiger partial charge on any atom is -0.352 e. The second kappa shape index (κ2) is 5.00. The van der Waals surface area contributed by atoms with Gasteiger partial charge < -0.3 is 5.32 Å². The average molecular weight is 285 g/mol. The van der Waals surface area contributed by atoms with E-state index in [1.807, 2.05) is 25.3 Å². The van der Waals surface area contributed by atoms with Gasteiger partial charge >= 0.3 is 0 Å². The lowest BCUT2D eigenvalue weighted by molar-refractivity contribution is 0.861. The molecule has 0 aromatic carbocycles. The van der Waals surface area contributed by atoms with Crippen LogP contribution in [0.2, 0.25) is 5.15 Å². The fourth-order valence-corrected chi connectivity index (χ4v) is 3.09. The molecule has 0 aliphatic rings. The molecule has 2 rings (SSSR count). The van der Waals surface area contributed by atoms with E-state index in [4.69, 9.17) is 16.9 Å². The van der Waals surface area contributed by atoms with E-state index in [0.717, 1.165) is 10.7 Å². The predicted octanol–water partition coefficient (Wildman–Crippen LogP) is 3.61. The monoisotopic (exact) mass is 284 g/mol. The Labute approximate surface area is 112 Å². The van der Waals surface area contributed by atoms with Gasteiger partial charge in [0.1, 0.15) is 16.0 Å². The van der Waals surface area contributed by atoms with Gasteiger partial charge in [0, 0.05) is 11.1 Å². The van der Waals surface area contributed by atoms with E-state index < -0.39 is 0 Å². The summed E-state index contributed by atoms with van der Waals surface area (Å²) in [6, 6.07) is 2.06. The summed E-state index contributed by atoms with van der Waals surface area (Å²) in [5.41, 5.74) is 1.01. The van der Waals surface area contributed by atoms with Crippen LogP contribution in [0, 0.1) is 18.3 Å². The minimum atomic E-state index is 0.0578. The van der Waals surface area contributed by atoms with Crippen LogP contribution in [0.3, 0.4) is 0 Å². The predicted molar refractivity (Wildman–Crippen MR) is 70.7 cm³/mol. The third-order valence-electron chi connectivity index (χ3n) is 2.03. The largest absolute Gasteiger partial charge is 0.352 e. The molecule has 0 saturated heterocycles. The topological polar surface area (TPSA) is 61.6 Å². The van der Waals surface area contributed by atoms with Gasteiger partial charge in [-0.2, -0.15) is 5.26 Å². The molecular formula is C10H9ClN4S2. The van der Waals surface area contributed by atoms with Gasteiger partial charge in [-0.15, -0.1) is 11.3 Å². The Morgan fingerprint density at radius 2 is 2.29 bits per heavy atom. The van der Waals surface area contributed by atoms with Crippen molar-refractivity contribution in [1.82, 2.24) is 9.97 Å². The molecule has 0 bridgehead atoms. The molecule has 2 aromatic heterocycles. The summed E-state index contributed by atoms with van der Waals surface area (Å²) in [5, 5.41) is 15.9. The number of aryl methyl sites for hydroxylation is 1. The summed E-state index contributed by atoms with van der Waals surface area (Å²) >= 11 is 8.65. The number of nitrogens with one attached hydrogen (secondary N) is 1. The van der Waals surface area contributed by atoms with E-state index in [1.54, 1.807) is 11.3 Å². The number of nitriles is 1. The molecule has 17 heavy (non-hydrogen) atoms. The van der Waals surface area contributed by atoms with Crippen molar-refractivity contribution in [3.05, 3.63) is 26.1 Å². The van der Waals surface area contributed by atoms with Gasteiger partial charge in [-0.3, -0.25) is 0 Å². The molecule has 0 spiro atoms. The Balaban J connectivity index is 2.13. The van der Waals surface area contributed by atoms with Crippen molar-refractivity contribution in [2.24, 2.45) is 0 Å². The lowest BCUT2D eigenvalue weighted by Crippen LogP contribution is -2.05. The standard InChI is InChI=1S/C10H9ClN4S2/c1-5-4-16-9(13-5)6(2)14-10-15-8(11)7(3-12)17-10/h4,6H,1-2H3,(H,14,15). The quantitative estimate of drug-likeness (QED) is 0.935. The first kappa shape index (κ1) is 12.3. The number of nitrogens with zero attached hydrogens (tertiary/aromatic N) is 3. The molecule has 7 heteroatoms. The number of anilines is 1. The number of aromatic nitrogens is 2. The molecule has 4 nitrogen and oxygen atoms in total. The van der Waals surface area contributed by atoms with Gasteiger partial charge in [-0.25, -0.2) is 9.97 Å². The smallest absolute Gasteiger partial charge is 0.185 e. The van der Waals surface area contributed by atoms with Crippen LogP contribution >= 0.6 is 34.3 Å². The second-order valence-electron chi connectivity index (χ2n) is 3.44. The zero-order chi connectivity index (χ0) is 12.4. The highest BCUT2D eigenvalue weighted by molar-refractivity contribution is 7.16. The van der Waals surface area contributed by atoms with Crippen LogP contribution in [0.15, 0.2) is 5.38 Å². The molecule has 88 valence electrons. The fourth-order valence-electron chi connectivity index (χ4n) is 1.25. The first-order valence-electron chi connectivity index (χ1n) is 4.85. The summed E-state index contributed by atoms with van der Waals surface area (Å²) in [5.74, 6) is 0. The molecule has 0 fully saturated rings. The highest BCUT2D eigenvalue weighted by Crippen LogP contribution is 2.29. The Morgan fingerprint density at radius 3 is 2.82 bits per heavy atom. The Kier molecular flexibility index (Phi) is 3.62. The summed E-state index contributed by atoms with van der Waals surface area (Å²) < 4.78 is 0. The first-order valence-corrected chi connectivity index (χ1v) is 6.92. The third kappa shape index (κ3) is 2.75. The maximum atomic E-state index is 8.78. The van der Waals surface area contributed by atoms with Crippen molar-refractivity contribution in [3.63, 3.8) is 0 Å². The summed E-state index contributed by atoms with van der Waals surface area (Å²) in [6.45, 7) is 3.96. The molecule has 2 aromatic rings. The SMILES string of the molecule is Cc1csc(C(C)Nc2nc(Cl)c(C#N)s2)n1. The number of thiazole rings is 2. The van der Waals surface area contributed by atoms with E-state index in [9.17, 15) is 0 Å². The zero-order valence-electron chi connectivity index (χ0n) is 9.19. The molecule has 1 unspecified atom stereocenters. The molecule has 1 atom stereocenters. The molecule has 0 aliphatic heterocycles. The molecule has 0 aliphatic carbocycles. The van der Waals surface area contributed by atoms with Crippen LogP contribution in [-0.2, 0) is 0 Å². The summed E-state index contributed by atoms with van der Waals surface area (Å²) in [7, 11) is 0. The maximum Gasteiger partial charge on any atom is 0.185 e. The molecular weight excluding hydrogens is 276 g/mol. The highest BCUT2D eigenvalue weighted by atomic mass is 35.5. The molecule has 0 radical (unpaired) electrons. The Hall–Kier alpha value is -1.16. The molecule has 2 heterocycles. The Bertz CT molecular complexity index is 569. The van der Waals surface area contributed by atoms with E-state index in [-0.39, 0.29) is 11.2 Å². The van der Waals surface area contributed by atoms with Crippen LogP contribution in [0.25, 0.3) is 0 Å². The van der Waals surface area contributed by atoms with Crippen LogP contribution in [-0.4, -0.2) is 9.97 Å². The zero-order valence-corrected chi connectivity index (χ0v) is 11.6. The van der Waals surface area contributed by atoms with E-state index in [2.05, 4.69) is 15.3 Å². The molecule has 0 saturated carbocycles. The van der Waals surface area contributed by atoms with Gasteiger partial charge in [0.15, 0.2) is 10.3 Å². The lowest BCUT2D eigenvalue weighted by atomic mass is 10.4. The van der Waals surface area contributed by atoms with Gasteiger partial charge in [0.2, 0.25) is 0 Å². The van der Waals surface area contributed by atoms with Crippen LogP contribution < -0.4 is 5.32 Å². The van der Waals surface area contributed by atoms with Crippen molar-refractivity contribution in [3.8, 4) is 6.07 Å². The van der Waals surface area contributed by atoms with Crippen molar-refractivity contribution in [2.45, 2.75) is 19.9 Å². The fraction of sp³-hybridized carbons (Fsp3) is 0.300. The van der Waals surface area contributed by atoms with Crippen molar-refractivity contribution < 1.29 is 0 Å². The van der Waals surface area contributed by atoms with Gasteiger partial charge in [-0.1, -0.05) is 22.9 Å². The van der Waals surface area contributed by atoms with Crippen LogP contribution in [0.4, 0.5) is 5.13 Å². The van der Waals surface area contributed by atoms with Crippen LogP contribution in [0.5, 0.6) is 0 Å². The van der Waals surface area contributed by atoms with Gasteiger partial charge in [0.05, 0.1) is 6.04 Å². The van der Waals surface area contributed by atoms with E-state index in [1.165, 1.54) is 11.3 Å². The van der Waals surface area contributed by atoms with Gasteiger partial charge in [0.25, 0.3) is 0 Å². The molecule has 0 amide bonds. The first-order chi connectivity index (χ1) is 8.10. The van der Waals surface area contributed by atoms with Crippen LogP contribution in [0.1, 0.15) is 28.5 Å². The van der Waals surface area contributed by atoms with Crippen molar-refractivity contribution >= 4 is 39.4 Å². The van der Waals surface area contributed by atoms with Crippen molar-refractivity contribution in [2.75, 3.05) is 5.32 Å². The maximum absolute atomic E-state index is 8.78. The number of hydrogen-bond donors (Lipinski definition) is 1. The van der Waals surface area contributed by atoms with E-state index >= 15 is 0 Å². The minimum absolute atomic E-state index is 0.0578. The average Bonchev–Trinajstić information content (AvgIpc) is 2.85. The number of hydrogen-bond acceptors (Lipinski definition) is 6. The summed E-state index contributed by atoms with van der Waals surface area (Å²) in [4.78, 5) is 8.90. The van der Waals surface area contributed by atoms with Gasteiger partial charge in [-0.05, 0) is 13.8 Å². The number of rotatable bonds is 3. The second-order valence-corrected chi connectivity index (χ2v) is 5.69.